The van der Waals surface area contributed by atoms with Crippen molar-refractivity contribution in [1.29, 1.82) is 0 Å². The molecular formula is C16H18N4O2. The molecule has 0 unspecified atom stereocenters. The Bertz CT molecular complexity index is 648. The van der Waals surface area contributed by atoms with Crippen LogP contribution in [0.15, 0.2) is 36.7 Å². The van der Waals surface area contributed by atoms with Crippen LogP contribution < -0.4 is 10.1 Å². The number of rotatable bonds is 2. The molecule has 2 aromatic rings. The third-order valence-corrected chi connectivity index (χ3v) is 3.79. The summed E-state index contributed by atoms with van der Waals surface area (Å²) in [5.41, 5.74) is 2.64. The predicted molar refractivity (Wildman–Crippen MR) is 83.0 cm³/mol. The molecule has 0 bridgehead atoms. The minimum absolute atomic E-state index is 0.145. The summed E-state index contributed by atoms with van der Waals surface area (Å²) in [6, 6.07) is 9.81. The van der Waals surface area contributed by atoms with Crippen LogP contribution in [0.1, 0.15) is 11.1 Å². The van der Waals surface area contributed by atoms with Gasteiger partial charge in [-0.05, 0) is 24.0 Å². The Morgan fingerprint density at radius 1 is 1.18 bits per heavy atom. The van der Waals surface area contributed by atoms with Crippen molar-refractivity contribution in [3.63, 3.8) is 0 Å². The van der Waals surface area contributed by atoms with Crippen LogP contribution in [0.25, 0.3) is 0 Å². The topological polar surface area (TPSA) is 67.3 Å². The summed E-state index contributed by atoms with van der Waals surface area (Å²) in [4.78, 5) is 22.2. The number of methoxy groups -OCH3 is 1. The first-order valence-electron chi connectivity index (χ1n) is 7.25. The average Bonchev–Trinajstić information content (AvgIpc) is 2.77. The van der Waals surface area contributed by atoms with E-state index in [0.717, 1.165) is 12.8 Å². The van der Waals surface area contributed by atoms with Crippen molar-refractivity contribution >= 4 is 11.8 Å². The van der Waals surface area contributed by atoms with Crippen molar-refractivity contribution < 1.29 is 9.53 Å². The summed E-state index contributed by atoms with van der Waals surface area (Å²) in [6.45, 7) is 1.40. The van der Waals surface area contributed by atoms with Crippen LogP contribution in [-0.2, 0) is 12.8 Å². The minimum atomic E-state index is -0.145. The van der Waals surface area contributed by atoms with Crippen LogP contribution in [0.3, 0.4) is 0 Å². The predicted octanol–water partition coefficient (Wildman–Crippen LogP) is 2.12. The van der Waals surface area contributed by atoms with E-state index in [2.05, 4.69) is 27.4 Å². The van der Waals surface area contributed by atoms with Crippen molar-refractivity contribution in [3.8, 4) is 5.88 Å². The van der Waals surface area contributed by atoms with E-state index in [1.807, 2.05) is 17.0 Å². The summed E-state index contributed by atoms with van der Waals surface area (Å²) in [5.74, 6) is 0.868. The third-order valence-electron chi connectivity index (χ3n) is 3.79. The van der Waals surface area contributed by atoms with E-state index in [-0.39, 0.29) is 6.03 Å². The van der Waals surface area contributed by atoms with Gasteiger partial charge in [0.2, 0.25) is 5.88 Å². The van der Waals surface area contributed by atoms with Gasteiger partial charge < -0.3 is 9.64 Å². The molecule has 6 nitrogen and oxygen atoms in total. The fraction of sp³-hybridized carbons (Fsp3) is 0.312. The maximum Gasteiger partial charge on any atom is 0.323 e. The number of urea groups is 1. The van der Waals surface area contributed by atoms with Gasteiger partial charge in [-0.1, -0.05) is 24.3 Å². The first-order valence-corrected chi connectivity index (χ1v) is 7.25. The van der Waals surface area contributed by atoms with E-state index in [1.54, 1.807) is 6.07 Å². The molecule has 6 heteroatoms. The first-order chi connectivity index (χ1) is 10.8. The zero-order valence-corrected chi connectivity index (χ0v) is 12.5. The van der Waals surface area contributed by atoms with Gasteiger partial charge in [-0.3, -0.25) is 5.32 Å². The molecule has 114 valence electrons. The molecule has 0 spiro atoms. The average molecular weight is 298 g/mol. The van der Waals surface area contributed by atoms with E-state index in [0.29, 0.717) is 24.8 Å². The lowest BCUT2D eigenvalue weighted by Gasteiger charge is -2.20. The van der Waals surface area contributed by atoms with Gasteiger partial charge in [0.05, 0.1) is 7.11 Å². The highest BCUT2D eigenvalue weighted by atomic mass is 16.5. The van der Waals surface area contributed by atoms with Crippen LogP contribution in [0, 0.1) is 0 Å². The standard InChI is InChI=1S/C16H18N4O2/c1-22-15-10-14(17-11-18-15)19-16(21)20-8-6-12-4-2-3-5-13(12)7-9-20/h2-5,10-11H,6-9H2,1H3,(H,17,18,19,21). The van der Waals surface area contributed by atoms with E-state index < -0.39 is 0 Å². The number of carbonyl (C=O) groups excluding carboxylic acids is 1. The fourth-order valence-electron chi connectivity index (χ4n) is 2.58. The van der Waals surface area contributed by atoms with Crippen molar-refractivity contribution in [3.05, 3.63) is 47.8 Å². The molecule has 0 radical (unpaired) electrons. The number of hydrogen-bond acceptors (Lipinski definition) is 4. The van der Waals surface area contributed by atoms with E-state index in [1.165, 1.54) is 24.6 Å². The van der Waals surface area contributed by atoms with Crippen molar-refractivity contribution in [2.75, 3.05) is 25.5 Å². The first kappa shape index (κ1) is 14.3. The second kappa shape index (κ2) is 6.43. The lowest BCUT2D eigenvalue weighted by molar-refractivity contribution is 0.214. The Balaban J connectivity index is 1.66. The zero-order valence-electron chi connectivity index (χ0n) is 12.5. The largest absolute Gasteiger partial charge is 0.481 e. The summed E-state index contributed by atoms with van der Waals surface area (Å²) in [5, 5.41) is 2.80. The minimum Gasteiger partial charge on any atom is -0.481 e. The number of fused-ring (bicyclic) bond motifs is 1. The molecule has 0 fully saturated rings. The summed E-state index contributed by atoms with van der Waals surface area (Å²) < 4.78 is 5.03. The van der Waals surface area contributed by atoms with Crippen molar-refractivity contribution in [1.82, 2.24) is 14.9 Å². The summed E-state index contributed by atoms with van der Waals surface area (Å²) in [7, 11) is 1.53. The maximum atomic E-state index is 12.4. The SMILES string of the molecule is COc1cc(NC(=O)N2CCc3ccccc3CC2)ncn1. The fourth-order valence-corrected chi connectivity index (χ4v) is 2.58. The third kappa shape index (κ3) is 3.16. The molecule has 1 aliphatic rings. The Kier molecular flexibility index (Phi) is 4.18. The highest BCUT2D eigenvalue weighted by Crippen LogP contribution is 2.17. The molecule has 1 aromatic heterocycles. The zero-order chi connectivity index (χ0) is 15.4. The molecule has 0 saturated heterocycles. The molecule has 1 aliphatic heterocycles. The highest BCUT2D eigenvalue weighted by molar-refractivity contribution is 5.88. The van der Waals surface area contributed by atoms with Crippen LogP contribution in [0.5, 0.6) is 5.88 Å². The number of anilines is 1. The van der Waals surface area contributed by atoms with E-state index >= 15 is 0 Å². The summed E-state index contributed by atoms with van der Waals surface area (Å²) in [6.07, 6.45) is 3.11. The Morgan fingerprint density at radius 2 is 1.86 bits per heavy atom. The monoisotopic (exact) mass is 298 g/mol. The van der Waals surface area contributed by atoms with Crippen LogP contribution in [0.2, 0.25) is 0 Å². The number of nitrogens with zero attached hydrogens (tertiary/aromatic N) is 3. The normalized spacial score (nSPS) is 14.0. The number of nitrogens with one attached hydrogen (secondary N) is 1. The highest BCUT2D eigenvalue weighted by Gasteiger charge is 2.18. The van der Waals surface area contributed by atoms with Gasteiger partial charge >= 0.3 is 6.03 Å². The van der Waals surface area contributed by atoms with Gasteiger partial charge in [0.1, 0.15) is 12.1 Å². The number of hydrogen-bond donors (Lipinski definition) is 1. The van der Waals surface area contributed by atoms with Crippen LogP contribution >= 0.6 is 0 Å². The summed E-state index contributed by atoms with van der Waals surface area (Å²) >= 11 is 0. The lowest BCUT2D eigenvalue weighted by atomic mass is 10.0. The van der Waals surface area contributed by atoms with Gasteiger partial charge in [0.25, 0.3) is 0 Å². The molecule has 0 saturated carbocycles. The Hall–Kier alpha value is -2.63. The van der Waals surface area contributed by atoms with Crippen molar-refractivity contribution in [2.45, 2.75) is 12.8 Å². The molecular weight excluding hydrogens is 280 g/mol. The van der Waals surface area contributed by atoms with Gasteiger partial charge in [0, 0.05) is 19.2 Å². The maximum absolute atomic E-state index is 12.4. The second-order valence-corrected chi connectivity index (χ2v) is 5.13. The quantitative estimate of drug-likeness (QED) is 0.922. The van der Waals surface area contributed by atoms with E-state index in [4.69, 9.17) is 4.74 Å². The van der Waals surface area contributed by atoms with Gasteiger partial charge in [-0.15, -0.1) is 0 Å². The van der Waals surface area contributed by atoms with Crippen LogP contribution in [0.4, 0.5) is 10.6 Å². The second-order valence-electron chi connectivity index (χ2n) is 5.13. The molecule has 1 N–H and O–H groups in total. The van der Waals surface area contributed by atoms with Gasteiger partial charge in [-0.25, -0.2) is 14.8 Å². The number of ether oxygens (including phenoxy) is 1. The van der Waals surface area contributed by atoms with E-state index in [9.17, 15) is 4.79 Å². The number of benzene rings is 1. The Morgan fingerprint density at radius 3 is 2.50 bits per heavy atom. The lowest BCUT2D eigenvalue weighted by Crippen LogP contribution is -2.37. The number of amides is 2. The molecule has 1 aromatic carbocycles. The number of carbonyl (C=O) groups is 1. The smallest absolute Gasteiger partial charge is 0.323 e. The molecule has 2 heterocycles. The molecule has 0 aliphatic carbocycles. The van der Waals surface area contributed by atoms with Crippen molar-refractivity contribution in [2.24, 2.45) is 0 Å². The van der Waals surface area contributed by atoms with Crippen LogP contribution in [-0.4, -0.2) is 41.1 Å². The van der Waals surface area contributed by atoms with Gasteiger partial charge in [0.15, 0.2) is 0 Å². The molecule has 3 rings (SSSR count). The molecule has 0 atom stereocenters. The van der Waals surface area contributed by atoms with Gasteiger partial charge in [-0.2, -0.15) is 0 Å². The Labute approximate surface area is 129 Å². The molecule has 22 heavy (non-hydrogen) atoms. The molecule has 2 amide bonds. The number of aromatic nitrogens is 2.